The second-order valence-electron chi connectivity index (χ2n) is 5.15. The van der Waals surface area contributed by atoms with Gasteiger partial charge in [-0.25, -0.2) is 0 Å². The lowest BCUT2D eigenvalue weighted by atomic mass is 9.85. The molecule has 0 atom stereocenters. The quantitative estimate of drug-likeness (QED) is 0.854. The smallest absolute Gasteiger partial charge is 0.0426 e. The molecule has 0 heterocycles. The minimum absolute atomic E-state index is 0.690. The Morgan fingerprint density at radius 2 is 2.17 bits per heavy atom. The number of hydrogen-bond acceptors (Lipinski definition) is 2. The Labute approximate surface area is 115 Å². The SMILES string of the molecule is CCN(CC1CCC1)c1cc(Cl)ccc1CCN. The van der Waals surface area contributed by atoms with Crippen LogP contribution in [0.1, 0.15) is 31.7 Å². The monoisotopic (exact) mass is 266 g/mol. The van der Waals surface area contributed by atoms with Gasteiger partial charge >= 0.3 is 0 Å². The van der Waals surface area contributed by atoms with Gasteiger partial charge in [0.15, 0.2) is 0 Å². The van der Waals surface area contributed by atoms with Crippen LogP contribution in [0.2, 0.25) is 5.02 Å². The van der Waals surface area contributed by atoms with Crippen molar-refractivity contribution in [1.29, 1.82) is 0 Å². The average Bonchev–Trinajstić information content (AvgIpc) is 2.31. The van der Waals surface area contributed by atoms with Gasteiger partial charge in [-0.05, 0) is 56.3 Å². The van der Waals surface area contributed by atoms with Crippen molar-refractivity contribution in [1.82, 2.24) is 0 Å². The van der Waals surface area contributed by atoms with Crippen molar-refractivity contribution in [2.45, 2.75) is 32.6 Å². The summed E-state index contributed by atoms with van der Waals surface area (Å²) in [6.07, 6.45) is 5.08. The van der Waals surface area contributed by atoms with Crippen LogP contribution in [0.4, 0.5) is 5.69 Å². The first-order valence-corrected chi connectivity index (χ1v) is 7.35. The van der Waals surface area contributed by atoms with Gasteiger partial charge in [-0.15, -0.1) is 0 Å². The van der Waals surface area contributed by atoms with Gasteiger partial charge in [0, 0.05) is 23.8 Å². The van der Waals surface area contributed by atoms with Crippen LogP contribution in [0, 0.1) is 5.92 Å². The first kappa shape index (κ1) is 13.7. The third-order valence-corrected chi connectivity index (χ3v) is 4.12. The molecule has 2 rings (SSSR count). The molecule has 0 amide bonds. The summed E-state index contributed by atoms with van der Waals surface area (Å²) >= 11 is 6.14. The largest absolute Gasteiger partial charge is 0.371 e. The molecular formula is C15H23ClN2. The molecule has 1 aromatic carbocycles. The van der Waals surface area contributed by atoms with E-state index in [4.69, 9.17) is 17.3 Å². The molecule has 1 aliphatic rings. The lowest BCUT2D eigenvalue weighted by molar-refractivity contribution is 0.318. The molecule has 2 N–H and O–H groups in total. The molecule has 1 aliphatic carbocycles. The average molecular weight is 267 g/mol. The lowest BCUT2D eigenvalue weighted by Gasteiger charge is -2.34. The zero-order valence-electron chi connectivity index (χ0n) is 11.2. The summed E-state index contributed by atoms with van der Waals surface area (Å²) in [5, 5.41) is 0.817. The number of nitrogens with two attached hydrogens (primary N) is 1. The predicted molar refractivity (Wildman–Crippen MR) is 79.4 cm³/mol. The van der Waals surface area contributed by atoms with Gasteiger partial charge in [0.2, 0.25) is 0 Å². The summed E-state index contributed by atoms with van der Waals surface area (Å²) in [6, 6.07) is 6.18. The molecule has 100 valence electrons. The van der Waals surface area contributed by atoms with E-state index in [1.165, 1.54) is 30.5 Å². The van der Waals surface area contributed by atoms with E-state index < -0.39 is 0 Å². The predicted octanol–water partition coefficient (Wildman–Crippen LogP) is 3.47. The van der Waals surface area contributed by atoms with Gasteiger partial charge < -0.3 is 10.6 Å². The van der Waals surface area contributed by atoms with E-state index in [1.807, 2.05) is 6.07 Å². The lowest BCUT2D eigenvalue weighted by Crippen LogP contribution is -2.33. The second kappa shape index (κ2) is 6.44. The topological polar surface area (TPSA) is 29.3 Å². The third-order valence-electron chi connectivity index (χ3n) is 3.89. The number of nitrogens with zero attached hydrogens (tertiary/aromatic N) is 1. The highest BCUT2D eigenvalue weighted by molar-refractivity contribution is 6.30. The molecule has 0 aliphatic heterocycles. The molecule has 0 aromatic heterocycles. The summed E-state index contributed by atoms with van der Waals surface area (Å²) in [7, 11) is 0. The van der Waals surface area contributed by atoms with Crippen molar-refractivity contribution in [3.63, 3.8) is 0 Å². The van der Waals surface area contributed by atoms with E-state index in [0.717, 1.165) is 30.5 Å². The summed E-state index contributed by atoms with van der Waals surface area (Å²) in [6.45, 7) is 5.10. The van der Waals surface area contributed by atoms with Crippen molar-refractivity contribution in [2.24, 2.45) is 11.7 Å². The normalized spacial score (nSPS) is 15.5. The number of benzene rings is 1. The van der Waals surface area contributed by atoms with Crippen molar-refractivity contribution in [3.05, 3.63) is 28.8 Å². The van der Waals surface area contributed by atoms with Gasteiger partial charge in [0.1, 0.15) is 0 Å². The van der Waals surface area contributed by atoms with E-state index >= 15 is 0 Å². The van der Waals surface area contributed by atoms with Crippen molar-refractivity contribution in [3.8, 4) is 0 Å². The third kappa shape index (κ3) is 3.18. The van der Waals surface area contributed by atoms with Gasteiger partial charge in [0.25, 0.3) is 0 Å². The Morgan fingerprint density at radius 3 is 2.72 bits per heavy atom. The van der Waals surface area contributed by atoms with Crippen LogP contribution in [0.15, 0.2) is 18.2 Å². The number of rotatable bonds is 6. The molecule has 3 heteroatoms. The van der Waals surface area contributed by atoms with Gasteiger partial charge in [-0.3, -0.25) is 0 Å². The summed E-state index contributed by atoms with van der Waals surface area (Å²) in [4.78, 5) is 2.46. The maximum absolute atomic E-state index is 6.14. The Kier molecular flexibility index (Phi) is 4.90. The highest BCUT2D eigenvalue weighted by Gasteiger charge is 2.21. The van der Waals surface area contributed by atoms with Crippen LogP contribution in [0.25, 0.3) is 0 Å². The molecule has 0 bridgehead atoms. The van der Waals surface area contributed by atoms with Crippen LogP contribution < -0.4 is 10.6 Å². The fourth-order valence-corrected chi connectivity index (χ4v) is 2.75. The number of hydrogen-bond donors (Lipinski definition) is 1. The zero-order valence-corrected chi connectivity index (χ0v) is 11.9. The minimum Gasteiger partial charge on any atom is -0.371 e. The van der Waals surface area contributed by atoms with E-state index in [2.05, 4.69) is 24.0 Å². The summed E-state index contributed by atoms with van der Waals surface area (Å²) in [5.74, 6) is 0.870. The van der Waals surface area contributed by atoms with Crippen LogP contribution in [0.3, 0.4) is 0 Å². The number of anilines is 1. The molecule has 0 unspecified atom stereocenters. The van der Waals surface area contributed by atoms with Crippen molar-refractivity contribution < 1.29 is 0 Å². The molecule has 2 nitrogen and oxygen atoms in total. The molecule has 0 spiro atoms. The molecule has 1 aromatic rings. The van der Waals surface area contributed by atoms with Gasteiger partial charge in [-0.1, -0.05) is 24.1 Å². The number of halogens is 1. The van der Waals surface area contributed by atoms with Crippen molar-refractivity contribution in [2.75, 3.05) is 24.5 Å². The Bertz CT molecular complexity index is 388. The molecule has 0 radical (unpaired) electrons. The first-order chi connectivity index (χ1) is 8.74. The Morgan fingerprint density at radius 1 is 1.39 bits per heavy atom. The van der Waals surface area contributed by atoms with Crippen LogP contribution in [-0.4, -0.2) is 19.6 Å². The molecule has 0 saturated heterocycles. The standard InChI is InChI=1S/C15H23ClN2/c1-2-18(11-12-4-3-5-12)15-10-14(16)7-6-13(15)8-9-17/h6-7,10,12H,2-5,8-9,11,17H2,1H3. The van der Waals surface area contributed by atoms with Crippen LogP contribution >= 0.6 is 11.6 Å². The van der Waals surface area contributed by atoms with Crippen LogP contribution in [-0.2, 0) is 6.42 Å². The maximum Gasteiger partial charge on any atom is 0.0426 e. The summed E-state index contributed by atoms with van der Waals surface area (Å²) < 4.78 is 0. The molecular weight excluding hydrogens is 244 g/mol. The van der Waals surface area contributed by atoms with Crippen LogP contribution in [0.5, 0.6) is 0 Å². The van der Waals surface area contributed by atoms with E-state index in [0.29, 0.717) is 6.54 Å². The maximum atomic E-state index is 6.14. The molecule has 1 saturated carbocycles. The fourth-order valence-electron chi connectivity index (χ4n) is 2.58. The highest BCUT2D eigenvalue weighted by Crippen LogP contribution is 2.31. The van der Waals surface area contributed by atoms with Gasteiger partial charge in [-0.2, -0.15) is 0 Å². The summed E-state index contributed by atoms with van der Waals surface area (Å²) in [5.41, 5.74) is 8.30. The van der Waals surface area contributed by atoms with Gasteiger partial charge in [0.05, 0.1) is 0 Å². The highest BCUT2D eigenvalue weighted by atomic mass is 35.5. The molecule has 1 fully saturated rings. The van der Waals surface area contributed by atoms with E-state index in [1.54, 1.807) is 0 Å². The van der Waals surface area contributed by atoms with Crippen molar-refractivity contribution >= 4 is 17.3 Å². The first-order valence-electron chi connectivity index (χ1n) is 6.98. The second-order valence-corrected chi connectivity index (χ2v) is 5.58. The van der Waals surface area contributed by atoms with E-state index in [9.17, 15) is 0 Å². The molecule has 18 heavy (non-hydrogen) atoms. The Hall–Kier alpha value is -0.730. The van der Waals surface area contributed by atoms with E-state index in [-0.39, 0.29) is 0 Å². The fraction of sp³-hybridized carbons (Fsp3) is 0.600. The minimum atomic E-state index is 0.690. The Balaban J connectivity index is 2.18. The zero-order chi connectivity index (χ0) is 13.0.